The number of nitrogens with two attached hydrogens (primary N) is 1. The first kappa shape index (κ1) is 13.6. The second kappa shape index (κ2) is 5.97. The standard InChI is InChI=1S/C15H19N5O/c1-17-14-3-2-11(8-13(14)16)12-9-18-15(19-10-12)20-4-6-21-7-5-20/h2-3,8-10,17H,4-7,16H2,1H3. The van der Waals surface area contributed by atoms with Gasteiger partial charge >= 0.3 is 0 Å². The quantitative estimate of drug-likeness (QED) is 0.834. The Bertz CT molecular complexity index is 608. The molecule has 2 aromatic rings. The number of morpholine rings is 1. The van der Waals surface area contributed by atoms with E-state index in [4.69, 9.17) is 10.5 Å². The zero-order valence-electron chi connectivity index (χ0n) is 12.0. The predicted molar refractivity (Wildman–Crippen MR) is 84.5 cm³/mol. The smallest absolute Gasteiger partial charge is 0.225 e. The van der Waals surface area contributed by atoms with Crippen LogP contribution in [0.3, 0.4) is 0 Å². The molecule has 1 aromatic heterocycles. The third-order valence-electron chi connectivity index (χ3n) is 3.59. The highest BCUT2D eigenvalue weighted by Crippen LogP contribution is 2.26. The Labute approximate surface area is 124 Å². The molecule has 6 nitrogen and oxygen atoms in total. The minimum atomic E-state index is 0.715. The average Bonchev–Trinajstić information content (AvgIpc) is 2.56. The lowest BCUT2D eigenvalue weighted by atomic mass is 10.1. The highest BCUT2D eigenvalue weighted by Gasteiger charge is 2.13. The van der Waals surface area contributed by atoms with Gasteiger partial charge in [-0.2, -0.15) is 0 Å². The molecule has 0 radical (unpaired) electrons. The first-order chi connectivity index (χ1) is 10.3. The SMILES string of the molecule is CNc1ccc(-c2cnc(N3CCOCC3)nc2)cc1N. The van der Waals surface area contributed by atoms with E-state index < -0.39 is 0 Å². The molecule has 21 heavy (non-hydrogen) atoms. The summed E-state index contributed by atoms with van der Waals surface area (Å²) in [5.74, 6) is 0.752. The van der Waals surface area contributed by atoms with Crippen LogP contribution in [0.15, 0.2) is 30.6 Å². The zero-order chi connectivity index (χ0) is 14.7. The molecule has 0 atom stereocenters. The normalized spacial score (nSPS) is 15.0. The number of ether oxygens (including phenoxy) is 1. The second-order valence-electron chi connectivity index (χ2n) is 4.92. The number of hydrogen-bond donors (Lipinski definition) is 2. The maximum absolute atomic E-state index is 5.99. The average molecular weight is 285 g/mol. The van der Waals surface area contributed by atoms with E-state index in [0.717, 1.165) is 49.1 Å². The van der Waals surface area contributed by atoms with Gasteiger partial charge < -0.3 is 20.7 Å². The fourth-order valence-electron chi connectivity index (χ4n) is 2.37. The lowest BCUT2D eigenvalue weighted by Gasteiger charge is -2.26. The number of benzene rings is 1. The van der Waals surface area contributed by atoms with Crippen LogP contribution in [0.25, 0.3) is 11.1 Å². The number of hydrogen-bond acceptors (Lipinski definition) is 6. The first-order valence-electron chi connectivity index (χ1n) is 7.00. The molecular formula is C15H19N5O. The molecule has 1 aliphatic heterocycles. The molecule has 2 heterocycles. The lowest BCUT2D eigenvalue weighted by Crippen LogP contribution is -2.37. The molecule has 0 amide bonds. The van der Waals surface area contributed by atoms with Crippen molar-refractivity contribution in [1.82, 2.24) is 9.97 Å². The van der Waals surface area contributed by atoms with Gasteiger partial charge in [0.1, 0.15) is 0 Å². The summed E-state index contributed by atoms with van der Waals surface area (Å²) < 4.78 is 5.33. The molecule has 1 aromatic carbocycles. The van der Waals surface area contributed by atoms with Crippen LogP contribution in [0.1, 0.15) is 0 Å². The first-order valence-corrected chi connectivity index (χ1v) is 7.00. The Hall–Kier alpha value is -2.34. The Balaban J connectivity index is 1.81. The van der Waals surface area contributed by atoms with Crippen LogP contribution in [0, 0.1) is 0 Å². The molecule has 0 spiro atoms. The second-order valence-corrected chi connectivity index (χ2v) is 4.92. The number of aromatic nitrogens is 2. The molecular weight excluding hydrogens is 266 g/mol. The maximum atomic E-state index is 5.99. The van der Waals surface area contributed by atoms with Gasteiger partial charge in [-0.25, -0.2) is 9.97 Å². The summed E-state index contributed by atoms with van der Waals surface area (Å²) in [6.07, 6.45) is 3.68. The minimum Gasteiger partial charge on any atom is -0.397 e. The van der Waals surface area contributed by atoms with E-state index in [1.165, 1.54) is 0 Å². The minimum absolute atomic E-state index is 0.715. The monoisotopic (exact) mass is 285 g/mol. The van der Waals surface area contributed by atoms with E-state index in [0.29, 0.717) is 5.69 Å². The van der Waals surface area contributed by atoms with Gasteiger partial charge in [-0.3, -0.25) is 0 Å². The van der Waals surface area contributed by atoms with Crippen molar-refractivity contribution in [2.24, 2.45) is 0 Å². The highest BCUT2D eigenvalue weighted by molar-refractivity contribution is 5.75. The van der Waals surface area contributed by atoms with E-state index in [-0.39, 0.29) is 0 Å². The third kappa shape index (κ3) is 2.90. The van der Waals surface area contributed by atoms with E-state index in [2.05, 4.69) is 20.2 Å². The molecule has 0 bridgehead atoms. The van der Waals surface area contributed by atoms with Crippen LogP contribution >= 0.6 is 0 Å². The van der Waals surface area contributed by atoms with Crippen LogP contribution < -0.4 is 16.0 Å². The summed E-state index contributed by atoms with van der Waals surface area (Å²) in [6.45, 7) is 3.13. The summed E-state index contributed by atoms with van der Waals surface area (Å²) in [6, 6.07) is 5.90. The summed E-state index contributed by atoms with van der Waals surface area (Å²) >= 11 is 0. The Morgan fingerprint density at radius 3 is 2.48 bits per heavy atom. The molecule has 0 saturated carbocycles. The lowest BCUT2D eigenvalue weighted by molar-refractivity contribution is 0.122. The molecule has 1 aliphatic rings. The van der Waals surface area contributed by atoms with Crippen LogP contribution in [-0.2, 0) is 4.74 Å². The van der Waals surface area contributed by atoms with Crippen molar-refractivity contribution in [1.29, 1.82) is 0 Å². The van der Waals surface area contributed by atoms with Gasteiger partial charge in [-0.05, 0) is 17.7 Å². The van der Waals surface area contributed by atoms with E-state index in [1.54, 1.807) is 0 Å². The largest absolute Gasteiger partial charge is 0.397 e. The van der Waals surface area contributed by atoms with Gasteiger partial charge in [-0.1, -0.05) is 6.07 Å². The molecule has 3 rings (SSSR count). The van der Waals surface area contributed by atoms with Crippen molar-refractivity contribution in [3.05, 3.63) is 30.6 Å². The van der Waals surface area contributed by atoms with Gasteiger partial charge in [-0.15, -0.1) is 0 Å². The van der Waals surface area contributed by atoms with Crippen molar-refractivity contribution in [3.63, 3.8) is 0 Å². The number of nitrogens with zero attached hydrogens (tertiary/aromatic N) is 3. The highest BCUT2D eigenvalue weighted by atomic mass is 16.5. The van der Waals surface area contributed by atoms with Gasteiger partial charge in [0.05, 0.1) is 24.6 Å². The molecule has 0 aliphatic carbocycles. The summed E-state index contributed by atoms with van der Waals surface area (Å²) in [4.78, 5) is 11.0. The van der Waals surface area contributed by atoms with E-state index in [9.17, 15) is 0 Å². The molecule has 1 fully saturated rings. The topological polar surface area (TPSA) is 76.3 Å². The van der Waals surface area contributed by atoms with Crippen molar-refractivity contribution in [2.75, 3.05) is 49.3 Å². The van der Waals surface area contributed by atoms with Gasteiger partial charge in [0.2, 0.25) is 5.95 Å². The maximum Gasteiger partial charge on any atom is 0.225 e. The number of anilines is 3. The molecule has 6 heteroatoms. The number of rotatable bonds is 3. The van der Waals surface area contributed by atoms with Crippen LogP contribution in [0.5, 0.6) is 0 Å². The van der Waals surface area contributed by atoms with Crippen molar-refractivity contribution in [2.45, 2.75) is 0 Å². The van der Waals surface area contributed by atoms with Crippen molar-refractivity contribution >= 4 is 17.3 Å². The van der Waals surface area contributed by atoms with Gasteiger partial charge in [0.25, 0.3) is 0 Å². The van der Waals surface area contributed by atoms with E-state index >= 15 is 0 Å². The van der Waals surface area contributed by atoms with Crippen LogP contribution in [0.4, 0.5) is 17.3 Å². The molecule has 110 valence electrons. The Kier molecular flexibility index (Phi) is 3.87. The third-order valence-corrected chi connectivity index (χ3v) is 3.59. The van der Waals surface area contributed by atoms with Crippen LogP contribution in [-0.4, -0.2) is 43.3 Å². The summed E-state index contributed by atoms with van der Waals surface area (Å²) in [5, 5.41) is 3.05. The summed E-state index contributed by atoms with van der Waals surface area (Å²) in [5.41, 5.74) is 9.60. The summed E-state index contributed by atoms with van der Waals surface area (Å²) in [7, 11) is 1.85. The number of nitrogens with one attached hydrogen (secondary N) is 1. The van der Waals surface area contributed by atoms with Gasteiger partial charge in [0.15, 0.2) is 0 Å². The Morgan fingerprint density at radius 1 is 1.14 bits per heavy atom. The molecule has 3 N–H and O–H groups in total. The molecule has 1 saturated heterocycles. The van der Waals surface area contributed by atoms with Gasteiger partial charge in [0, 0.05) is 38.1 Å². The molecule has 0 unspecified atom stereocenters. The van der Waals surface area contributed by atoms with Crippen LogP contribution in [0.2, 0.25) is 0 Å². The van der Waals surface area contributed by atoms with Crippen molar-refractivity contribution < 1.29 is 4.74 Å². The van der Waals surface area contributed by atoms with E-state index in [1.807, 2.05) is 37.6 Å². The Morgan fingerprint density at radius 2 is 1.86 bits per heavy atom. The van der Waals surface area contributed by atoms with Crippen molar-refractivity contribution in [3.8, 4) is 11.1 Å². The predicted octanol–water partition coefficient (Wildman–Crippen LogP) is 1.60. The fraction of sp³-hybridized carbons (Fsp3) is 0.333. The zero-order valence-corrected chi connectivity index (χ0v) is 12.0. The number of nitrogen functional groups attached to an aromatic ring is 1. The fourth-order valence-corrected chi connectivity index (χ4v) is 2.37.